The second-order valence-electron chi connectivity index (χ2n) is 3.84. The fourth-order valence-corrected chi connectivity index (χ4v) is 2.44. The van der Waals surface area contributed by atoms with Crippen LogP contribution in [0, 0.1) is 0 Å². The van der Waals surface area contributed by atoms with E-state index < -0.39 is 0 Å². The molecule has 18 heavy (non-hydrogen) atoms. The van der Waals surface area contributed by atoms with Crippen LogP contribution in [-0.2, 0) is 4.79 Å². The summed E-state index contributed by atoms with van der Waals surface area (Å²) in [4.78, 5) is 15.7. The topological polar surface area (TPSA) is 63.2 Å². The van der Waals surface area contributed by atoms with Crippen molar-refractivity contribution in [1.29, 1.82) is 0 Å². The third-order valence-corrected chi connectivity index (χ3v) is 3.49. The Kier molecular flexibility index (Phi) is 2.64. The van der Waals surface area contributed by atoms with Gasteiger partial charge in [0.25, 0.3) is 5.91 Å². The van der Waals surface area contributed by atoms with Crippen molar-refractivity contribution >= 4 is 28.1 Å². The highest BCUT2D eigenvalue weighted by molar-refractivity contribution is 7.14. The molecule has 1 amide bonds. The molecule has 6 heteroatoms. The lowest BCUT2D eigenvalue weighted by atomic mass is 10.1. The predicted molar refractivity (Wildman–Crippen MR) is 71.2 cm³/mol. The Labute approximate surface area is 108 Å². The molecule has 0 fully saturated rings. The highest BCUT2D eigenvalue weighted by Gasteiger charge is 2.16. The average molecular weight is 261 g/mol. The quantitative estimate of drug-likeness (QED) is 0.869. The smallest absolute Gasteiger partial charge is 0.262 e. The third kappa shape index (κ3) is 1.91. The van der Waals surface area contributed by atoms with E-state index in [1.165, 1.54) is 0 Å². The summed E-state index contributed by atoms with van der Waals surface area (Å²) in [5.74, 6) is 0.566. The van der Waals surface area contributed by atoms with Gasteiger partial charge in [0.15, 0.2) is 11.7 Å². The molecule has 1 aromatic carbocycles. The first-order chi connectivity index (χ1) is 8.76. The Bertz CT molecular complexity index is 609. The maximum Gasteiger partial charge on any atom is 0.262 e. The minimum absolute atomic E-state index is 0.0763. The lowest BCUT2D eigenvalue weighted by molar-refractivity contribution is -0.118. The van der Waals surface area contributed by atoms with Gasteiger partial charge in [-0.2, -0.15) is 0 Å². The van der Waals surface area contributed by atoms with Crippen LogP contribution in [0.5, 0.6) is 5.75 Å². The van der Waals surface area contributed by atoms with Crippen LogP contribution in [0.1, 0.15) is 0 Å². The van der Waals surface area contributed by atoms with Gasteiger partial charge in [-0.25, -0.2) is 4.98 Å². The van der Waals surface area contributed by atoms with E-state index in [0.29, 0.717) is 11.4 Å². The summed E-state index contributed by atoms with van der Waals surface area (Å²) >= 11 is 1.54. The number of hydrogen-bond donors (Lipinski definition) is 2. The van der Waals surface area contributed by atoms with E-state index in [1.807, 2.05) is 30.6 Å². The summed E-state index contributed by atoms with van der Waals surface area (Å²) in [6.07, 6.45) is 0. The summed E-state index contributed by atoms with van der Waals surface area (Å²) in [6.45, 7) is 0.0763. The second-order valence-corrected chi connectivity index (χ2v) is 4.69. The van der Waals surface area contributed by atoms with E-state index in [9.17, 15) is 4.79 Å². The number of hydrogen-bond acceptors (Lipinski definition) is 5. The maximum absolute atomic E-state index is 11.3. The molecule has 0 unspecified atom stereocenters. The molecular formula is C12H11N3O2S. The fourth-order valence-electron chi connectivity index (χ4n) is 1.76. The number of carbonyl (C=O) groups is 1. The predicted octanol–water partition coefficient (Wildman–Crippen LogP) is 2.18. The first-order valence-corrected chi connectivity index (χ1v) is 6.34. The molecule has 0 saturated heterocycles. The van der Waals surface area contributed by atoms with Crippen molar-refractivity contribution in [2.45, 2.75) is 0 Å². The van der Waals surface area contributed by atoms with Crippen molar-refractivity contribution in [2.24, 2.45) is 0 Å². The van der Waals surface area contributed by atoms with Gasteiger partial charge < -0.3 is 15.4 Å². The Morgan fingerprint density at radius 3 is 3.17 bits per heavy atom. The highest BCUT2D eigenvalue weighted by atomic mass is 32.1. The largest absolute Gasteiger partial charge is 0.482 e. The summed E-state index contributed by atoms with van der Waals surface area (Å²) < 4.78 is 5.31. The van der Waals surface area contributed by atoms with E-state index in [4.69, 9.17) is 4.74 Å². The number of ether oxygens (including phenoxy) is 1. The van der Waals surface area contributed by atoms with Gasteiger partial charge in [0.2, 0.25) is 0 Å². The Balaban J connectivity index is 1.98. The Morgan fingerprint density at radius 1 is 1.50 bits per heavy atom. The number of thiazole rings is 1. The molecule has 0 radical (unpaired) electrons. The highest BCUT2D eigenvalue weighted by Crippen LogP contribution is 2.33. The Morgan fingerprint density at radius 2 is 2.39 bits per heavy atom. The summed E-state index contributed by atoms with van der Waals surface area (Å²) in [5.41, 5.74) is 2.53. The molecule has 0 spiro atoms. The van der Waals surface area contributed by atoms with Crippen LogP contribution < -0.4 is 15.4 Å². The van der Waals surface area contributed by atoms with Crippen molar-refractivity contribution in [3.63, 3.8) is 0 Å². The van der Waals surface area contributed by atoms with Crippen molar-refractivity contribution in [3.8, 4) is 17.0 Å². The van der Waals surface area contributed by atoms with E-state index in [2.05, 4.69) is 15.6 Å². The number of rotatable bonds is 2. The van der Waals surface area contributed by atoms with Gasteiger partial charge in [-0.15, -0.1) is 11.3 Å². The molecule has 5 nitrogen and oxygen atoms in total. The standard InChI is InChI=1S/C12H11N3O2S/c1-13-12-15-9(6-18-12)7-2-3-10-8(4-7)14-11(16)5-17-10/h2-4,6H,5H2,1H3,(H,13,15)(H,14,16). The normalized spacial score (nSPS) is 13.5. The number of nitrogens with one attached hydrogen (secondary N) is 2. The number of carbonyl (C=O) groups excluding carboxylic acids is 1. The zero-order valence-corrected chi connectivity index (χ0v) is 10.5. The third-order valence-electron chi connectivity index (χ3n) is 2.63. The van der Waals surface area contributed by atoms with Crippen molar-refractivity contribution in [3.05, 3.63) is 23.6 Å². The van der Waals surface area contributed by atoms with Gasteiger partial charge in [0, 0.05) is 18.0 Å². The van der Waals surface area contributed by atoms with Crippen LogP contribution in [0.2, 0.25) is 0 Å². The van der Waals surface area contributed by atoms with E-state index in [1.54, 1.807) is 11.3 Å². The molecule has 0 aliphatic carbocycles. The van der Waals surface area contributed by atoms with Crippen LogP contribution in [0.4, 0.5) is 10.8 Å². The maximum atomic E-state index is 11.3. The number of benzene rings is 1. The van der Waals surface area contributed by atoms with Gasteiger partial charge in [-0.1, -0.05) is 0 Å². The van der Waals surface area contributed by atoms with Crippen molar-refractivity contribution in [1.82, 2.24) is 4.98 Å². The van der Waals surface area contributed by atoms with E-state index in [0.717, 1.165) is 16.4 Å². The first-order valence-electron chi connectivity index (χ1n) is 5.46. The van der Waals surface area contributed by atoms with Gasteiger partial charge in [0.1, 0.15) is 5.75 Å². The van der Waals surface area contributed by atoms with Crippen molar-refractivity contribution in [2.75, 3.05) is 24.3 Å². The molecule has 2 N–H and O–H groups in total. The molecule has 3 rings (SSSR count). The molecule has 0 saturated carbocycles. The lowest BCUT2D eigenvalue weighted by Gasteiger charge is -2.18. The van der Waals surface area contributed by atoms with E-state index in [-0.39, 0.29) is 12.5 Å². The van der Waals surface area contributed by atoms with Crippen LogP contribution >= 0.6 is 11.3 Å². The minimum Gasteiger partial charge on any atom is -0.482 e. The Hall–Kier alpha value is -2.08. The molecule has 0 atom stereocenters. The SMILES string of the molecule is CNc1nc(-c2ccc3c(c2)NC(=O)CO3)cs1. The fraction of sp³-hybridized carbons (Fsp3) is 0.167. The molecule has 0 bridgehead atoms. The second kappa shape index (κ2) is 4.30. The molecule has 1 aromatic heterocycles. The first kappa shape index (κ1) is 11.0. The van der Waals surface area contributed by atoms with Gasteiger partial charge >= 0.3 is 0 Å². The van der Waals surface area contributed by atoms with Gasteiger partial charge in [-0.05, 0) is 18.2 Å². The molecule has 1 aliphatic rings. The summed E-state index contributed by atoms with van der Waals surface area (Å²) in [7, 11) is 1.84. The summed E-state index contributed by atoms with van der Waals surface area (Å²) in [5, 5.41) is 8.62. The zero-order chi connectivity index (χ0) is 12.5. The van der Waals surface area contributed by atoms with E-state index >= 15 is 0 Å². The van der Waals surface area contributed by atoms with Crippen molar-refractivity contribution < 1.29 is 9.53 Å². The van der Waals surface area contributed by atoms with Gasteiger partial charge in [-0.3, -0.25) is 4.79 Å². The summed E-state index contributed by atoms with van der Waals surface area (Å²) in [6, 6.07) is 5.66. The van der Waals surface area contributed by atoms with Crippen LogP contribution in [0.3, 0.4) is 0 Å². The van der Waals surface area contributed by atoms with Gasteiger partial charge in [0.05, 0.1) is 11.4 Å². The lowest BCUT2D eigenvalue weighted by Crippen LogP contribution is -2.25. The van der Waals surface area contributed by atoms with Crippen LogP contribution in [0.15, 0.2) is 23.6 Å². The number of fused-ring (bicyclic) bond motifs is 1. The average Bonchev–Trinajstić information content (AvgIpc) is 2.86. The number of anilines is 2. The number of nitrogens with zero attached hydrogens (tertiary/aromatic N) is 1. The van der Waals surface area contributed by atoms with Crippen LogP contribution in [-0.4, -0.2) is 24.5 Å². The molecule has 2 aromatic rings. The zero-order valence-electron chi connectivity index (χ0n) is 9.69. The van der Waals surface area contributed by atoms with Crippen LogP contribution in [0.25, 0.3) is 11.3 Å². The molecule has 92 valence electrons. The number of aromatic nitrogens is 1. The minimum atomic E-state index is -0.131. The molecule has 2 heterocycles. The molecular weight excluding hydrogens is 250 g/mol. The number of amides is 1. The molecule has 1 aliphatic heterocycles. The monoisotopic (exact) mass is 261 g/mol.